The third kappa shape index (κ3) is 3.71. The highest BCUT2D eigenvalue weighted by atomic mass is 19.3. The van der Waals surface area contributed by atoms with E-state index in [1.807, 2.05) is 60.8 Å². The number of hydrogen-bond donors (Lipinski definition) is 3. The Hall–Kier alpha value is -2.73. The monoisotopic (exact) mass is 369 g/mol. The van der Waals surface area contributed by atoms with Crippen LogP contribution in [0.4, 0.5) is 8.78 Å². The molecule has 3 aromatic rings. The molecule has 4 nitrogen and oxygen atoms in total. The third-order valence-corrected chi connectivity index (χ3v) is 5.11. The summed E-state index contributed by atoms with van der Waals surface area (Å²) in [5, 5.41) is 6.56. The molecule has 2 unspecified atom stereocenters. The maximum Gasteiger partial charge on any atom is 0.262 e. The number of alkyl halides is 2. The fourth-order valence-corrected chi connectivity index (χ4v) is 3.70. The zero-order valence-corrected chi connectivity index (χ0v) is 14.7. The fraction of sp³-hybridized carbons (Fsp3) is 0.286. The first-order chi connectivity index (χ1) is 13.0. The lowest BCUT2D eigenvalue weighted by atomic mass is 9.91. The standard InChI is InChI=1S/C21H21F2N3O/c22-21(23)10-19(26-13-21)20(27)25-11-16(14-6-2-1-3-7-14)17-12-24-18-9-5-4-8-15(17)18/h1-9,12,16,19,24,26H,10-11,13H2,(H,25,27). The predicted molar refractivity (Wildman–Crippen MR) is 101 cm³/mol. The van der Waals surface area contributed by atoms with Crippen molar-refractivity contribution in [3.05, 3.63) is 71.9 Å². The summed E-state index contributed by atoms with van der Waals surface area (Å²) in [6.07, 6.45) is 1.50. The van der Waals surface area contributed by atoms with Crippen molar-refractivity contribution >= 4 is 16.8 Å². The number of rotatable bonds is 5. The van der Waals surface area contributed by atoms with Crippen LogP contribution < -0.4 is 10.6 Å². The van der Waals surface area contributed by atoms with Gasteiger partial charge in [0, 0.05) is 36.0 Å². The summed E-state index contributed by atoms with van der Waals surface area (Å²) in [5.41, 5.74) is 3.16. The van der Waals surface area contributed by atoms with Gasteiger partial charge in [0.2, 0.25) is 5.91 Å². The van der Waals surface area contributed by atoms with Crippen molar-refractivity contribution in [3.63, 3.8) is 0 Å². The molecule has 2 aromatic carbocycles. The Labute approximate surface area is 156 Å². The number of aromatic nitrogens is 1. The van der Waals surface area contributed by atoms with Gasteiger partial charge in [0.05, 0.1) is 12.6 Å². The van der Waals surface area contributed by atoms with Crippen LogP contribution in [0.1, 0.15) is 23.5 Å². The van der Waals surface area contributed by atoms with Gasteiger partial charge < -0.3 is 10.3 Å². The van der Waals surface area contributed by atoms with Crippen LogP contribution in [-0.2, 0) is 4.79 Å². The largest absolute Gasteiger partial charge is 0.361 e. The third-order valence-electron chi connectivity index (χ3n) is 5.11. The normalized spacial score (nSPS) is 19.9. The lowest BCUT2D eigenvalue weighted by Gasteiger charge is -2.19. The number of carbonyl (C=O) groups is 1. The number of halogens is 2. The van der Waals surface area contributed by atoms with Gasteiger partial charge in [-0.25, -0.2) is 8.78 Å². The molecule has 0 radical (unpaired) electrons. The number of para-hydroxylation sites is 1. The van der Waals surface area contributed by atoms with Crippen LogP contribution in [0.25, 0.3) is 10.9 Å². The van der Waals surface area contributed by atoms with Crippen molar-refractivity contribution in [2.75, 3.05) is 13.1 Å². The quantitative estimate of drug-likeness (QED) is 0.646. The molecule has 0 bridgehead atoms. The number of aromatic amines is 1. The number of amides is 1. The smallest absolute Gasteiger partial charge is 0.262 e. The van der Waals surface area contributed by atoms with E-state index in [2.05, 4.69) is 15.6 Å². The summed E-state index contributed by atoms with van der Waals surface area (Å²) in [6, 6.07) is 17.0. The summed E-state index contributed by atoms with van der Waals surface area (Å²) >= 11 is 0. The van der Waals surface area contributed by atoms with Crippen molar-refractivity contribution in [1.29, 1.82) is 0 Å². The molecule has 1 saturated heterocycles. The summed E-state index contributed by atoms with van der Waals surface area (Å²) in [5.74, 6) is -3.28. The van der Waals surface area contributed by atoms with E-state index < -0.39 is 24.9 Å². The van der Waals surface area contributed by atoms with Gasteiger partial charge in [-0.15, -0.1) is 0 Å². The molecule has 0 saturated carbocycles. The van der Waals surface area contributed by atoms with Crippen molar-refractivity contribution in [3.8, 4) is 0 Å². The SMILES string of the molecule is O=C(NCC(c1ccccc1)c1c[nH]c2ccccc12)C1CC(F)(F)CN1. The van der Waals surface area contributed by atoms with Gasteiger partial charge in [0.15, 0.2) is 0 Å². The maximum absolute atomic E-state index is 13.4. The second kappa shape index (κ2) is 7.12. The zero-order chi connectivity index (χ0) is 18.9. The Morgan fingerprint density at radius 1 is 1.15 bits per heavy atom. The minimum absolute atomic E-state index is 0.0757. The lowest BCUT2D eigenvalue weighted by molar-refractivity contribution is -0.123. The molecular formula is C21H21F2N3O. The van der Waals surface area contributed by atoms with E-state index in [0.29, 0.717) is 6.54 Å². The second-order valence-electron chi connectivity index (χ2n) is 6.99. The average Bonchev–Trinajstić information content (AvgIpc) is 3.26. The van der Waals surface area contributed by atoms with Crippen LogP contribution >= 0.6 is 0 Å². The van der Waals surface area contributed by atoms with Gasteiger partial charge in [-0.3, -0.25) is 10.1 Å². The van der Waals surface area contributed by atoms with Gasteiger partial charge >= 0.3 is 0 Å². The fourth-order valence-electron chi connectivity index (χ4n) is 3.70. The number of H-pyrrole nitrogens is 1. The summed E-state index contributed by atoms with van der Waals surface area (Å²) < 4.78 is 26.7. The lowest BCUT2D eigenvalue weighted by Crippen LogP contribution is -2.42. The molecule has 1 aliphatic rings. The highest BCUT2D eigenvalue weighted by Crippen LogP contribution is 2.31. The van der Waals surface area contributed by atoms with E-state index in [9.17, 15) is 13.6 Å². The zero-order valence-electron chi connectivity index (χ0n) is 14.7. The molecule has 1 aliphatic heterocycles. The number of hydrogen-bond acceptors (Lipinski definition) is 2. The average molecular weight is 369 g/mol. The van der Waals surface area contributed by atoms with Crippen LogP contribution in [-0.4, -0.2) is 35.9 Å². The maximum atomic E-state index is 13.4. The van der Waals surface area contributed by atoms with E-state index in [0.717, 1.165) is 22.0 Å². The molecule has 1 aromatic heterocycles. The molecule has 2 heterocycles. The Kier molecular flexibility index (Phi) is 4.66. The molecule has 1 amide bonds. The molecule has 0 aliphatic carbocycles. The first-order valence-electron chi connectivity index (χ1n) is 9.03. The van der Waals surface area contributed by atoms with Crippen molar-refractivity contribution in [2.45, 2.75) is 24.3 Å². The topological polar surface area (TPSA) is 56.9 Å². The molecule has 0 spiro atoms. The van der Waals surface area contributed by atoms with Gasteiger partial charge in [-0.1, -0.05) is 48.5 Å². The minimum atomic E-state index is -2.82. The Bertz CT molecular complexity index is 939. The van der Waals surface area contributed by atoms with Gasteiger partial charge in [0.25, 0.3) is 5.92 Å². The molecule has 3 N–H and O–H groups in total. The summed E-state index contributed by atoms with van der Waals surface area (Å²) in [7, 11) is 0. The molecule has 2 atom stereocenters. The van der Waals surface area contributed by atoms with E-state index >= 15 is 0 Å². The Balaban J connectivity index is 1.57. The van der Waals surface area contributed by atoms with Crippen LogP contribution in [0.5, 0.6) is 0 Å². The molecular weight excluding hydrogens is 348 g/mol. The minimum Gasteiger partial charge on any atom is -0.361 e. The number of fused-ring (bicyclic) bond motifs is 1. The molecule has 4 rings (SSSR count). The summed E-state index contributed by atoms with van der Waals surface area (Å²) in [4.78, 5) is 15.7. The van der Waals surface area contributed by atoms with Crippen molar-refractivity contribution < 1.29 is 13.6 Å². The van der Waals surface area contributed by atoms with Crippen molar-refractivity contribution in [1.82, 2.24) is 15.6 Å². The van der Waals surface area contributed by atoms with Crippen LogP contribution in [0.2, 0.25) is 0 Å². The highest BCUT2D eigenvalue weighted by Gasteiger charge is 2.42. The first-order valence-corrected chi connectivity index (χ1v) is 9.03. The van der Waals surface area contributed by atoms with Crippen LogP contribution in [0.15, 0.2) is 60.8 Å². The van der Waals surface area contributed by atoms with Gasteiger partial charge in [0.1, 0.15) is 0 Å². The summed E-state index contributed by atoms with van der Waals surface area (Å²) in [6.45, 7) is -0.107. The van der Waals surface area contributed by atoms with Crippen molar-refractivity contribution in [2.24, 2.45) is 0 Å². The molecule has 27 heavy (non-hydrogen) atoms. The molecule has 140 valence electrons. The van der Waals surface area contributed by atoms with E-state index in [1.54, 1.807) is 0 Å². The molecule has 6 heteroatoms. The van der Waals surface area contributed by atoms with Crippen LogP contribution in [0.3, 0.4) is 0 Å². The second-order valence-corrected chi connectivity index (χ2v) is 6.99. The van der Waals surface area contributed by atoms with Crippen LogP contribution in [0, 0.1) is 0 Å². The number of carbonyl (C=O) groups excluding carboxylic acids is 1. The van der Waals surface area contributed by atoms with E-state index in [4.69, 9.17) is 0 Å². The first kappa shape index (κ1) is 17.7. The molecule has 1 fully saturated rings. The highest BCUT2D eigenvalue weighted by molar-refractivity contribution is 5.85. The Morgan fingerprint density at radius 2 is 1.89 bits per heavy atom. The Morgan fingerprint density at radius 3 is 2.63 bits per heavy atom. The van der Waals surface area contributed by atoms with E-state index in [1.165, 1.54) is 0 Å². The van der Waals surface area contributed by atoms with Gasteiger partial charge in [-0.05, 0) is 17.2 Å². The number of benzene rings is 2. The predicted octanol–water partition coefficient (Wildman–Crippen LogP) is 3.41. The van der Waals surface area contributed by atoms with E-state index in [-0.39, 0.29) is 11.8 Å². The number of nitrogens with one attached hydrogen (secondary N) is 3. The van der Waals surface area contributed by atoms with Gasteiger partial charge in [-0.2, -0.15) is 0 Å².